The van der Waals surface area contributed by atoms with Gasteiger partial charge in [-0.3, -0.25) is 9.69 Å². The van der Waals surface area contributed by atoms with E-state index in [2.05, 4.69) is 0 Å². The van der Waals surface area contributed by atoms with E-state index in [4.69, 9.17) is 26.4 Å². The Bertz CT molecular complexity index is 842. The number of hydrogen-bond donors (Lipinski definition) is 0. The minimum atomic E-state index is -1.76. The monoisotopic (exact) mass is 425 g/mol. The lowest BCUT2D eigenvalue weighted by molar-refractivity contribution is -0.319. The van der Waals surface area contributed by atoms with E-state index >= 15 is 0 Å². The zero-order chi connectivity index (χ0) is 21.0. The molecule has 1 aromatic rings. The number of ether oxygens (including phenoxy) is 3. The molecule has 1 fully saturated rings. The normalized spacial score (nSPS) is 16.2. The van der Waals surface area contributed by atoms with Crippen molar-refractivity contribution in [2.24, 2.45) is 0 Å². The molecule has 1 heterocycles. The molecule has 0 N–H and O–H groups in total. The van der Waals surface area contributed by atoms with Gasteiger partial charge in [0.15, 0.2) is 11.5 Å². The summed E-state index contributed by atoms with van der Waals surface area (Å²) >= 11 is 5.89. The van der Waals surface area contributed by atoms with E-state index in [1.165, 1.54) is 27.4 Å². The van der Waals surface area contributed by atoms with Gasteiger partial charge in [-0.15, -0.1) is 0 Å². The molecule has 1 aliphatic rings. The summed E-state index contributed by atoms with van der Waals surface area (Å²) in [4.78, 5) is 35.5. The average molecular weight is 425 g/mol. The Labute approximate surface area is 169 Å². The van der Waals surface area contributed by atoms with Crippen LogP contribution in [0.15, 0.2) is 17.0 Å². The highest BCUT2D eigenvalue weighted by Crippen LogP contribution is 2.40. The van der Waals surface area contributed by atoms with Crippen molar-refractivity contribution in [1.29, 1.82) is 0 Å². The molecule has 0 spiro atoms. The van der Waals surface area contributed by atoms with Gasteiger partial charge in [0.2, 0.25) is 5.75 Å². The minimum absolute atomic E-state index is 0.0980. The molecule has 0 unspecified atom stereocenters. The predicted molar refractivity (Wildman–Crippen MR) is 99.5 cm³/mol. The smallest absolute Gasteiger partial charge is 0.266 e. The summed E-state index contributed by atoms with van der Waals surface area (Å²) in [5.41, 5.74) is 0.500. The van der Waals surface area contributed by atoms with Crippen LogP contribution in [0, 0.1) is 0 Å². The average Bonchev–Trinajstić information content (AvgIpc) is 2.91. The van der Waals surface area contributed by atoms with Gasteiger partial charge in [-0.25, -0.2) is 0 Å². The Morgan fingerprint density at radius 3 is 2.18 bits per heavy atom. The van der Waals surface area contributed by atoms with E-state index in [9.17, 15) is 24.6 Å². The number of carbonyl (C=O) groups excluding carboxylic acids is 3. The van der Waals surface area contributed by atoms with Gasteiger partial charge in [0.25, 0.3) is 5.91 Å². The van der Waals surface area contributed by atoms with E-state index in [1.807, 2.05) is 0 Å². The van der Waals surface area contributed by atoms with Crippen LogP contribution in [0.1, 0.15) is 12.0 Å². The van der Waals surface area contributed by atoms with Crippen LogP contribution >= 0.6 is 24.0 Å². The minimum Gasteiger partial charge on any atom is -0.550 e. The van der Waals surface area contributed by atoms with Crippen molar-refractivity contribution in [3.8, 4) is 17.2 Å². The van der Waals surface area contributed by atoms with Crippen LogP contribution in [0.3, 0.4) is 0 Å². The van der Waals surface area contributed by atoms with E-state index < -0.39 is 30.3 Å². The van der Waals surface area contributed by atoms with Crippen LogP contribution in [0.5, 0.6) is 17.2 Å². The lowest BCUT2D eigenvalue weighted by atomic mass is 10.1. The van der Waals surface area contributed by atoms with E-state index in [0.29, 0.717) is 27.7 Å². The van der Waals surface area contributed by atoms with Crippen LogP contribution in [0.2, 0.25) is 0 Å². The second kappa shape index (κ2) is 8.93. The van der Waals surface area contributed by atoms with Crippen molar-refractivity contribution in [1.82, 2.24) is 4.90 Å². The molecule has 1 aliphatic heterocycles. The molecule has 11 heteroatoms. The molecule has 0 aliphatic carbocycles. The summed E-state index contributed by atoms with van der Waals surface area (Å²) in [5, 5.41) is 22.1. The fraction of sp³-hybridized carbons (Fsp3) is 0.294. The summed E-state index contributed by atoms with van der Waals surface area (Å²) in [7, 11) is 4.32. The fourth-order valence-electron chi connectivity index (χ4n) is 2.52. The molecule has 0 aromatic heterocycles. The SMILES string of the molecule is COc1cc(/C=C2\SC(=S)N([C@@H](CC(=O)[O-])C(=O)[O-])C2=O)cc(OC)c1OC. The van der Waals surface area contributed by atoms with Crippen LogP contribution in [-0.4, -0.2) is 54.4 Å². The molecule has 0 bridgehead atoms. The first-order valence-corrected chi connectivity index (χ1v) is 8.93. The topological polar surface area (TPSA) is 128 Å². The standard InChI is InChI=1S/C17H17NO8S2/c1-24-10-4-8(5-11(25-2)14(10)26-3)6-12-15(21)18(17(27)28-12)9(16(22)23)7-13(19)20/h4-6,9H,7H2,1-3H3,(H,19,20)(H,22,23)/p-2/b12-6-/t9-/m0/s1. The molecule has 150 valence electrons. The molecular weight excluding hydrogens is 410 g/mol. The van der Waals surface area contributed by atoms with Crippen molar-refractivity contribution < 1.29 is 38.8 Å². The number of thioether (sulfide) groups is 1. The molecule has 1 atom stereocenters. The Morgan fingerprint density at radius 1 is 1.18 bits per heavy atom. The number of methoxy groups -OCH3 is 3. The Morgan fingerprint density at radius 2 is 1.75 bits per heavy atom. The zero-order valence-corrected chi connectivity index (χ0v) is 16.7. The number of rotatable bonds is 8. The molecule has 0 radical (unpaired) electrons. The molecular formula is C17H15NO8S2-2. The van der Waals surface area contributed by atoms with Crippen molar-refractivity contribution in [3.05, 3.63) is 22.6 Å². The van der Waals surface area contributed by atoms with Gasteiger partial charge in [0, 0.05) is 12.4 Å². The summed E-state index contributed by atoms with van der Waals surface area (Å²) in [6, 6.07) is 1.42. The zero-order valence-electron chi connectivity index (χ0n) is 15.0. The summed E-state index contributed by atoms with van der Waals surface area (Å²) in [6.07, 6.45) is 0.515. The van der Waals surface area contributed by atoms with E-state index in [0.717, 1.165) is 11.8 Å². The molecule has 1 saturated heterocycles. The largest absolute Gasteiger partial charge is 0.550 e. The number of carbonyl (C=O) groups is 3. The third-order valence-corrected chi connectivity index (χ3v) is 5.08. The van der Waals surface area contributed by atoms with Gasteiger partial charge in [-0.1, -0.05) is 24.0 Å². The highest BCUT2D eigenvalue weighted by atomic mass is 32.2. The number of aliphatic carboxylic acids is 2. The second-order valence-electron chi connectivity index (χ2n) is 5.42. The van der Waals surface area contributed by atoms with Gasteiger partial charge < -0.3 is 34.0 Å². The fourth-order valence-corrected chi connectivity index (χ4v) is 3.88. The maximum Gasteiger partial charge on any atom is 0.266 e. The first-order chi connectivity index (χ1) is 13.2. The summed E-state index contributed by atoms with van der Waals surface area (Å²) in [5.74, 6) is -3.06. The number of benzene rings is 1. The van der Waals surface area contributed by atoms with Crippen LogP contribution < -0.4 is 24.4 Å². The number of hydrogen-bond acceptors (Lipinski definition) is 10. The Kier molecular flexibility index (Phi) is 6.86. The molecule has 28 heavy (non-hydrogen) atoms. The third-order valence-electron chi connectivity index (χ3n) is 3.75. The first-order valence-electron chi connectivity index (χ1n) is 7.71. The highest BCUT2D eigenvalue weighted by Gasteiger charge is 2.37. The molecule has 0 saturated carbocycles. The van der Waals surface area contributed by atoms with Gasteiger partial charge in [-0.05, 0) is 23.8 Å². The molecule has 1 aromatic carbocycles. The summed E-state index contributed by atoms with van der Waals surface area (Å²) < 4.78 is 15.6. The maximum atomic E-state index is 12.6. The molecule has 1 amide bonds. The molecule has 2 rings (SSSR count). The van der Waals surface area contributed by atoms with Crippen LogP contribution in [-0.2, 0) is 14.4 Å². The summed E-state index contributed by atoms with van der Waals surface area (Å²) in [6.45, 7) is 0. The number of thiocarbonyl (C=S) groups is 1. The number of carboxylic acids is 2. The lowest BCUT2D eigenvalue weighted by Crippen LogP contribution is -2.52. The third kappa shape index (κ3) is 4.37. The van der Waals surface area contributed by atoms with Crippen molar-refractivity contribution in [2.45, 2.75) is 12.5 Å². The molecule has 9 nitrogen and oxygen atoms in total. The van der Waals surface area contributed by atoms with Gasteiger partial charge in [0.05, 0.1) is 38.2 Å². The highest BCUT2D eigenvalue weighted by molar-refractivity contribution is 8.26. The second-order valence-corrected chi connectivity index (χ2v) is 7.10. The van der Waals surface area contributed by atoms with Crippen LogP contribution in [0.25, 0.3) is 6.08 Å². The van der Waals surface area contributed by atoms with Crippen molar-refractivity contribution in [3.63, 3.8) is 0 Å². The van der Waals surface area contributed by atoms with E-state index in [-0.39, 0.29) is 9.23 Å². The quantitative estimate of drug-likeness (QED) is 0.384. The van der Waals surface area contributed by atoms with Crippen molar-refractivity contribution >= 4 is 52.2 Å². The van der Waals surface area contributed by atoms with E-state index in [1.54, 1.807) is 12.1 Å². The first kappa shape index (κ1) is 21.5. The van der Waals surface area contributed by atoms with Gasteiger partial charge in [0.1, 0.15) is 4.32 Å². The van der Waals surface area contributed by atoms with Crippen LogP contribution in [0.4, 0.5) is 0 Å². The number of nitrogens with zero attached hydrogens (tertiary/aromatic N) is 1. The predicted octanol–water partition coefficient (Wildman–Crippen LogP) is -0.828. The van der Waals surface area contributed by atoms with Gasteiger partial charge >= 0.3 is 0 Å². The number of amides is 1. The lowest BCUT2D eigenvalue weighted by Gasteiger charge is -2.27. The maximum absolute atomic E-state index is 12.6. The van der Waals surface area contributed by atoms with Gasteiger partial charge in [-0.2, -0.15) is 0 Å². The Balaban J connectivity index is 2.43. The Hall–Kier alpha value is -2.79. The van der Waals surface area contributed by atoms with Crippen molar-refractivity contribution in [2.75, 3.05) is 21.3 Å². The number of carboxylic acid groups (broad SMARTS) is 2.